The number of amides is 1. The van der Waals surface area contributed by atoms with Gasteiger partial charge in [-0.25, -0.2) is 9.69 Å². The summed E-state index contributed by atoms with van der Waals surface area (Å²) in [5.74, 6) is 1.54. The quantitative estimate of drug-likeness (QED) is 0.279. The van der Waals surface area contributed by atoms with Gasteiger partial charge in [-0.1, -0.05) is 48.5 Å². The van der Waals surface area contributed by atoms with Crippen LogP contribution in [0.4, 0.5) is 16.2 Å². The van der Waals surface area contributed by atoms with Crippen molar-refractivity contribution in [2.75, 3.05) is 11.5 Å². The lowest BCUT2D eigenvalue weighted by molar-refractivity contribution is 0.101. The lowest BCUT2D eigenvalue weighted by Gasteiger charge is -2.22. The van der Waals surface area contributed by atoms with Crippen LogP contribution in [0.15, 0.2) is 109 Å². The van der Waals surface area contributed by atoms with Crippen molar-refractivity contribution in [2.45, 2.75) is 6.92 Å². The van der Waals surface area contributed by atoms with Gasteiger partial charge in [0.15, 0.2) is 5.76 Å². The number of anilines is 2. The van der Waals surface area contributed by atoms with Crippen molar-refractivity contribution in [3.8, 4) is 17.2 Å². The van der Waals surface area contributed by atoms with Gasteiger partial charge in [-0.3, -0.25) is 4.79 Å². The van der Waals surface area contributed by atoms with Gasteiger partial charge in [-0.2, -0.15) is 0 Å². The zero-order valence-electron chi connectivity index (χ0n) is 19.6. The first kappa shape index (κ1) is 22.9. The number of rotatable bonds is 6. The number of ether oxygens (including phenoxy) is 3. The molecule has 0 aliphatic carbocycles. The number of carbonyl (C=O) groups is 2. The van der Waals surface area contributed by atoms with Gasteiger partial charge in [-0.05, 0) is 67.1 Å². The number of allylic oxidation sites excluding steroid dienone is 1. The molecule has 6 heteroatoms. The van der Waals surface area contributed by atoms with E-state index in [1.807, 2.05) is 67.6 Å². The van der Waals surface area contributed by atoms with Gasteiger partial charge in [0.25, 0.3) is 0 Å². The van der Waals surface area contributed by atoms with Crippen molar-refractivity contribution in [3.05, 3.63) is 120 Å². The molecular weight excluding hydrogens is 454 g/mol. The van der Waals surface area contributed by atoms with Gasteiger partial charge in [-0.15, -0.1) is 0 Å². The number of Topliss-reactive ketones (excluding diaryl/α,β-unsaturated/α-hetero) is 1. The smallest absolute Gasteiger partial charge is 0.424 e. The first-order valence-corrected chi connectivity index (χ1v) is 11.6. The molecule has 0 spiro atoms. The van der Waals surface area contributed by atoms with Crippen molar-refractivity contribution >= 4 is 29.3 Å². The largest absolute Gasteiger partial charge is 0.494 e. The predicted molar refractivity (Wildman–Crippen MR) is 138 cm³/mol. The van der Waals surface area contributed by atoms with E-state index in [1.165, 1.54) is 4.90 Å². The fraction of sp³-hybridized carbons (Fsp3) is 0.0667. The second-order valence-corrected chi connectivity index (χ2v) is 7.97. The van der Waals surface area contributed by atoms with Gasteiger partial charge in [0.2, 0.25) is 5.78 Å². The Labute approximate surface area is 209 Å². The highest BCUT2D eigenvalue weighted by molar-refractivity contribution is 6.14. The van der Waals surface area contributed by atoms with Crippen LogP contribution in [0.3, 0.4) is 0 Å². The molecule has 0 bridgehead atoms. The fourth-order valence-electron chi connectivity index (χ4n) is 3.87. The minimum atomic E-state index is -0.534. The van der Waals surface area contributed by atoms with Crippen LogP contribution in [0, 0.1) is 0 Å². The number of hydrogen-bond acceptors (Lipinski definition) is 5. The molecule has 178 valence electrons. The molecule has 0 radical (unpaired) electrons. The van der Waals surface area contributed by atoms with Crippen molar-refractivity contribution in [3.63, 3.8) is 0 Å². The minimum Gasteiger partial charge on any atom is -0.494 e. The van der Waals surface area contributed by atoms with E-state index in [0.29, 0.717) is 40.8 Å². The normalized spacial score (nSPS) is 13.1. The highest BCUT2D eigenvalue weighted by Crippen LogP contribution is 2.35. The Balaban J connectivity index is 1.32. The fourth-order valence-corrected chi connectivity index (χ4v) is 3.87. The zero-order chi connectivity index (χ0) is 24.9. The van der Waals surface area contributed by atoms with E-state index >= 15 is 0 Å². The average molecular weight is 478 g/mol. The van der Waals surface area contributed by atoms with Crippen LogP contribution in [0.5, 0.6) is 17.2 Å². The Morgan fingerprint density at radius 3 is 2.06 bits per heavy atom. The maximum Gasteiger partial charge on any atom is 0.424 e. The lowest BCUT2D eigenvalue weighted by Crippen LogP contribution is -2.29. The number of ketones is 1. The van der Waals surface area contributed by atoms with Gasteiger partial charge in [0.1, 0.15) is 17.2 Å². The Kier molecular flexibility index (Phi) is 6.49. The average Bonchev–Trinajstić information content (AvgIpc) is 3.21. The molecule has 0 saturated carbocycles. The summed E-state index contributed by atoms with van der Waals surface area (Å²) in [4.78, 5) is 27.4. The molecule has 1 amide bonds. The van der Waals surface area contributed by atoms with Gasteiger partial charge >= 0.3 is 6.09 Å². The molecule has 0 atom stereocenters. The zero-order valence-corrected chi connectivity index (χ0v) is 19.6. The molecule has 1 aliphatic rings. The van der Waals surface area contributed by atoms with Gasteiger partial charge in [0.05, 0.1) is 23.5 Å². The maximum absolute atomic E-state index is 13.1. The van der Waals surface area contributed by atoms with Crippen LogP contribution in [-0.4, -0.2) is 18.5 Å². The van der Waals surface area contributed by atoms with Crippen LogP contribution < -0.4 is 19.1 Å². The molecule has 4 aromatic carbocycles. The summed E-state index contributed by atoms with van der Waals surface area (Å²) < 4.78 is 16.9. The maximum atomic E-state index is 13.1. The standard InChI is InChI=1S/C30H23NO5/c1-2-34-25-17-18-26-27(20-25)36-28(29(26)32)19-21-13-15-24(16-14-21)35-30(33)31(22-9-5-3-6-10-22)23-11-7-4-8-12-23/h3-20H,2H2,1H3/b28-19-. The summed E-state index contributed by atoms with van der Waals surface area (Å²) in [6.07, 6.45) is 1.13. The van der Waals surface area contributed by atoms with E-state index in [0.717, 1.165) is 5.56 Å². The molecule has 0 saturated heterocycles. The summed E-state index contributed by atoms with van der Waals surface area (Å²) in [5, 5.41) is 0. The Morgan fingerprint density at radius 2 is 1.44 bits per heavy atom. The third-order valence-corrected chi connectivity index (χ3v) is 5.55. The highest BCUT2D eigenvalue weighted by Gasteiger charge is 2.27. The van der Waals surface area contributed by atoms with Crippen LogP contribution in [0.2, 0.25) is 0 Å². The predicted octanol–water partition coefficient (Wildman–Crippen LogP) is 7.04. The Bertz CT molecular complexity index is 1370. The van der Waals surface area contributed by atoms with E-state index < -0.39 is 6.09 Å². The van der Waals surface area contributed by atoms with E-state index in [1.54, 1.807) is 48.5 Å². The van der Waals surface area contributed by atoms with Crippen LogP contribution in [0.25, 0.3) is 6.08 Å². The molecule has 0 N–H and O–H groups in total. The van der Waals surface area contributed by atoms with Gasteiger partial charge in [0, 0.05) is 6.07 Å². The molecule has 6 nitrogen and oxygen atoms in total. The third-order valence-electron chi connectivity index (χ3n) is 5.55. The number of benzene rings is 4. The summed E-state index contributed by atoms with van der Waals surface area (Å²) in [6, 6.07) is 30.7. The van der Waals surface area contributed by atoms with Crippen LogP contribution in [0.1, 0.15) is 22.8 Å². The molecule has 4 aromatic rings. The van der Waals surface area contributed by atoms with Crippen molar-refractivity contribution in [1.82, 2.24) is 0 Å². The summed E-state index contributed by atoms with van der Waals surface area (Å²) in [7, 11) is 0. The molecule has 1 heterocycles. The molecule has 1 aliphatic heterocycles. The Morgan fingerprint density at radius 1 is 0.833 bits per heavy atom. The molecule has 0 fully saturated rings. The summed E-state index contributed by atoms with van der Waals surface area (Å²) in [5.41, 5.74) is 2.62. The molecular formula is C30H23NO5. The molecule has 36 heavy (non-hydrogen) atoms. The van der Waals surface area contributed by atoms with E-state index in [2.05, 4.69) is 0 Å². The number of nitrogens with zero attached hydrogens (tertiary/aromatic N) is 1. The van der Waals surface area contributed by atoms with Crippen LogP contribution >= 0.6 is 0 Å². The van der Waals surface area contributed by atoms with Crippen molar-refractivity contribution < 1.29 is 23.8 Å². The minimum absolute atomic E-state index is 0.190. The second kappa shape index (κ2) is 10.2. The first-order chi connectivity index (χ1) is 17.6. The third kappa shape index (κ3) is 4.83. The van der Waals surface area contributed by atoms with E-state index in [4.69, 9.17) is 14.2 Å². The molecule has 5 rings (SSSR count). The van der Waals surface area contributed by atoms with E-state index in [-0.39, 0.29) is 11.5 Å². The second-order valence-electron chi connectivity index (χ2n) is 7.97. The Hall–Kier alpha value is -4.84. The summed E-state index contributed by atoms with van der Waals surface area (Å²) >= 11 is 0. The van der Waals surface area contributed by atoms with Crippen LogP contribution in [-0.2, 0) is 0 Å². The monoisotopic (exact) mass is 477 g/mol. The van der Waals surface area contributed by atoms with Crippen molar-refractivity contribution in [2.24, 2.45) is 0 Å². The number of para-hydroxylation sites is 2. The number of hydrogen-bond donors (Lipinski definition) is 0. The topological polar surface area (TPSA) is 65.1 Å². The first-order valence-electron chi connectivity index (χ1n) is 11.6. The number of fused-ring (bicyclic) bond motifs is 1. The summed E-state index contributed by atoms with van der Waals surface area (Å²) in [6.45, 7) is 2.42. The lowest BCUT2D eigenvalue weighted by atomic mass is 10.1. The molecule has 0 aromatic heterocycles. The highest BCUT2D eigenvalue weighted by atomic mass is 16.6. The van der Waals surface area contributed by atoms with E-state index in [9.17, 15) is 9.59 Å². The number of carbonyl (C=O) groups excluding carboxylic acids is 2. The molecule has 0 unspecified atom stereocenters. The SMILES string of the molecule is CCOc1ccc2c(c1)O/C(=C\c1ccc(OC(=O)N(c3ccccc3)c3ccccc3)cc1)C2=O. The van der Waals surface area contributed by atoms with Crippen molar-refractivity contribution in [1.29, 1.82) is 0 Å². The van der Waals surface area contributed by atoms with Gasteiger partial charge < -0.3 is 14.2 Å².